The summed E-state index contributed by atoms with van der Waals surface area (Å²) in [7, 11) is -5.60. The Balaban J connectivity index is 2.96. The summed E-state index contributed by atoms with van der Waals surface area (Å²) in [6.07, 6.45) is 2.57. The first-order valence-electron chi connectivity index (χ1n) is 4.29. The number of hydrogen-bond donors (Lipinski definition) is 0. The first kappa shape index (κ1) is 13.0. The van der Waals surface area contributed by atoms with E-state index in [-0.39, 0.29) is 12.3 Å². The topological polar surface area (TPSA) is 55.7 Å². The van der Waals surface area contributed by atoms with Crippen LogP contribution in [0.25, 0.3) is 0 Å². The molecule has 0 unspecified atom stereocenters. The maximum atomic E-state index is 12.1. The van der Waals surface area contributed by atoms with Crippen LogP contribution < -0.4 is 0 Å². The van der Waals surface area contributed by atoms with Crippen molar-refractivity contribution in [1.82, 2.24) is 0 Å². The molecule has 0 fully saturated rings. The predicted molar refractivity (Wildman–Crippen MR) is 51.3 cm³/mol. The van der Waals surface area contributed by atoms with Crippen molar-refractivity contribution in [2.24, 2.45) is 10.4 Å². The first-order valence-corrected chi connectivity index (χ1v) is 5.69. The molecule has 4 nitrogen and oxygen atoms in total. The molecule has 0 aromatic heterocycles. The van der Waals surface area contributed by atoms with E-state index in [1.807, 2.05) is 0 Å². The normalized spacial score (nSPS) is 20.4. The fraction of sp³-hybridized carbons (Fsp3) is 0.625. The Labute approximate surface area is 90.9 Å². The van der Waals surface area contributed by atoms with Crippen LogP contribution in [-0.2, 0) is 14.3 Å². The molecule has 1 aliphatic heterocycles. The molecule has 0 saturated carbocycles. The number of allylic oxidation sites excluding steroid dienone is 1. The summed E-state index contributed by atoms with van der Waals surface area (Å²) in [6.45, 7) is 3.12. The summed E-state index contributed by atoms with van der Waals surface area (Å²) in [5.74, 6) is -0.264. The monoisotopic (exact) mass is 257 g/mol. The van der Waals surface area contributed by atoms with Gasteiger partial charge in [-0.25, -0.2) is 0 Å². The van der Waals surface area contributed by atoms with Crippen molar-refractivity contribution in [3.8, 4) is 0 Å². The van der Waals surface area contributed by atoms with E-state index in [0.29, 0.717) is 0 Å². The van der Waals surface area contributed by atoms with E-state index in [0.717, 1.165) is 0 Å². The minimum Gasteiger partial charge on any atom is -0.380 e. The van der Waals surface area contributed by atoms with Crippen LogP contribution in [0.4, 0.5) is 13.2 Å². The Hall–Kier alpha value is -1.05. The Morgan fingerprint density at radius 3 is 2.44 bits per heavy atom. The van der Waals surface area contributed by atoms with E-state index in [1.54, 1.807) is 0 Å². The van der Waals surface area contributed by atoms with Crippen LogP contribution in [0.3, 0.4) is 0 Å². The van der Waals surface area contributed by atoms with Crippen LogP contribution in [-0.4, -0.2) is 26.7 Å². The number of rotatable bonds is 2. The van der Waals surface area contributed by atoms with Crippen LogP contribution in [0.1, 0.15) is 13.8 Å². The minimum atomic E-state index is -5.60. The second-order valence-electron chi connectivity index (χ2n) is 3.77. The van der Waals surface area contributed by atoms with Gasteiger partial charge in [-0.2, -0.15) is 21.6 Å². The van der Waals surface area contributed by atoms with E-state index in [9.17, 15) is 21.6 Å². The highest BCUT2D eigenvalue weighted by Gasteiger charge is 2.50. The van der Waals surface area contributed by atoms with E-state index in [2.05, 4.69) is 9.18 Å². The number of hydrogen-bond acceptors (Lipinski definition) is 4. The lowest BCUT2D eigenvalue weighted by Gasteiger charge is -2.25. The summed E-state index contributed by atoms with van der Waals surface area (Å²) < 4.78 is 61.8. The Bertz CT molecular complexity index is 434. The number of alkyl halides is 3. The molecule has 0 aliphatic carbocycles. The van der Waals surface area contributed by atoms with Gasteiger partial charge in [0.15, 0.2) is 0 Å². The zero-order valence-corrected chi connectivity index (χ0v) is 9.39. The summed E-state index contributed by atoms with van der Waals surface area (Å²) in [5, 5.41) is 0. The average molecular weight is 257 g/mol. The number of halogens is 3. The standard InChI is InChI=1S/C8H10F3NO3S/c1-7(2)5-12-4-3-6(7)15-16(13,14)8(9,10)11/h3,5H,4H2,1-2H3. The van der Waals surface area contributed by atoms with Gasteiger partial charge in [0.2, 0.25) is 0 Å². The quantitative estimate of drug-likeness (QED) is 0.560. The van der Waals surface area contributed by atoms with E-state index in [4.69, 9.17) is 0 Å². The van der Waals surface area contributed by atoms with Gasteiger partial charge in [-0.3, -0.25) is 4.99 Å². The summed E-state index contributed by atoms with van der Waals surface area (Å²) in [6, 6.07) is 0. The second-order valence-corrected chi connectivity index (χ2v) is 5.31. The van der Waals surface area contributed by atoms with Gasteiger partial charge in [0.25, 0.3) is 0 Å². The van der Waals surface area contributed by atoms with Gasteiger partial charge in [0.1, 0.15) is 5.76 Å². The molecular weight excluding hydrogens is 247 g/mol. The molecule has 1 rings (SSSR count). The highest BCUT2D eigenvalue weighted by molar-refractivity contribution is 7.87. The average Bonchev–Trinajstić information content (AvgIpc) is 2.06. The first-order chi connectivity index (χ1) is 7.06. The van der Waals surface area contributed by atoms with Crippen LogP contribution in [0, 0.1) is 5.41 Å². The molecule has 8 heteroatoms. The van der Waals surface area contributed by atoms with Gasteiger partial charge >= 0.3 is 15.6 Å². The lowest BCUT2D eigenvalue weighted by molar-refractivity contribution is -0.0528. The van der Waals surface area contributed by atoms with Crippen LogP contribution in [0.15, 0.2) is 16.8 Å². The van der Waals surface area contributed by atoms with Gasteiger partial charge in [0.05, 0.1) is 12.0 Å². The third-order valence-corrected chi connectivity index (χ3v) is 2.88. The van der Waals surface area contributed by atoms with Crippen molar-refractivity contribution < 1.29 is 25.8 Å². The minimum absolute atomic E-state index is 0.103. The van der Waals surface area contributed by atoms with Gasteiger partial charge < -0.3 is 4.18 Å². The van der Waals surface area contributed by atoms with E-state index < -0.39 is 21.0 Å². The van der Waals surface area contributed by atoms with Crippen molar-refractivity contribution in [1.29, 1.82) is 0 Å². The Kier molecular flexibility index (Phi) is 3.06. The van der Waals surface area contributed by atoms with Gasteiger partial charge in [-0.15, -0.1) is 0 Å². The number of nitrogens with zero attached hydrogens (tertiary/aromatic N) is 1. The fourth-order valence-electron chi connectivity index (χ4n) is 1.05. The SMILES string of the molecule is CC1(C)C=NCC=C1OS(=O)(=O)C(F)(F)F. The molecule has 0 aromatic rings. The van der Waals surface area contributed by atoms with Crippen molar-refractivity contribution in [3.63, 3.8) is 0 Å². The predicted octanol–water partition coefficient (Wildman–Crippen LogP) is 1.85. The van der Waals surface area contributed by atoms with Crippen LogP contribution in [0.5, 0.6) is 0 Å². The van der Waals surface area contributed by atoms with Crippen LogP contribution >= 0.6 is 0 Å². The van der Waals surface area contributed by atoms with E-state index >= 15 is 0 Å². The molecule has 0 radical (unpaired) electrons. The van der Waals surface area contributed by atoms with Crippen molar-refractivity contribution in [2.75, 3.05) is 6.54 Å². The largest absolute Gasteiger partial charge is 0.534 e. The highest BCUT2D eigenvalue weighted by Crippen LogP contribution is 2.33. The summed E-state index contributed by atoms with van der Waals surface area (Å²) >= 11 is 0. The Morgan fingerprint density at radius 1 is 1.44 bits per heavy atom. The Morgan fingerprint density at radius 2 is 2.00 bits per heavy atom. The lowest BCUT2D eigenvalue weighted by atomic mass is 9.91. The molecule has 92 valence electrons. The molecule has 0 bridgehead atoms. The second kappa shape index (κ2) is 3.76. The smallest absolute Gasteiger partial charge is 0.380 e. The molecule has 0 spiro atoms. The zero-order chi connectivity index (χ0) is 12.6. The molecule has 1 aliphatic rings. The maximum Gasteiger partial charge on any atom is 0.534 e. The zero-order valence-electron chi connectivity index (χ0n) is 8.58. The van der Waals surface area contributed by atoms with Crippen LogP contribution in [0.2, 0.25) is 0 Å². The number of dihydropyridines is 1. The maximum absolute atomic E-state index is 12.1. The molecule has 0 saturated heterocycles. The van der Waals surface area contributed by atoms with Crippen molar-refractivity contribution in [3.05, 3.63) is 11.8 Å². The molecular formula is C8H10F3NO3S. The van der Waals surface area contributed by atoms with Gasteiger partial charge in [-0.05, 0) is 19.9 Å². The molecule has 0 aromatic carbocycles. The third kappa shape index (κ3) is 2.55. The van der Waals surface area contributed by atoms with Crippen molar-refractivity contribution >= 4 is 16.3 Å². The lowest BCUT2D eigenvalue weighted by Crippen LogP contribution is -2.30. The highest BCUT2D eigenvalue weighted by atomic mass is 32.2. The van der Waals surface area contributed by atoms with Gasteiger partial charge in [-0.1, -0.05) is 0 Å². The summed E-state index contributed by atoms with van der Waals surface area (Å²) in [4.78, 5) is 3.81. The third-order valence-electron chi connectivity index (χ3n) is 1.91. The molecule has 0 N–H and O–H groups in total. The molecule has 0 amide bonds. The number of aliphatic imine (C=N–C) groups is 1. The van der Waals surface area contributed by atoms with E-state index in [1.165, 1.54) is 26.1 Å². The van der Waals surface area contributed by atoms with Gasteiger partial charge in [0, 0.05) is 6.21 Å². The van der Waals surface area contributed by atoms with Crippen molar-refractivity contribution in [2.45, 2.75) is 19.4 Å². The fourth-order valence-corrected chi connectivity index (χ4v) is 1.66. The molecule has 16 heavy (non-hydrogen) atoms. The summed E-state index contributed by atoms with van der Waals surface area (Å²) in [5.41, 5.74) is -6.38. The molecule has 0 atom stereocenters. The molecule has 1 heterocycles.